The summed E-state index contributed by atoms with van der Waals surface area (Å²) in [6.45, 7) is 2.10. The van der Waals surface area contributed by atoms with Crippen molar-refractivity contribution in [2.75, 3.05) is 5.75 Å². The highest BCUT2D eigenvalue weighted by atomic mass is 32.2. The molecule has 2 N–H and O–H groups in total. The standard InChI is InChI=1S/C16H17F2NS/c1-2-20-15-5-3-12(4-6-15)16(19)9-11-7-13(17)10-14(18)8-11/h3-8,10,16H,2,9,19H2,1H3. The lowest BCUT2D eigenvalue weighted by Crippen LogP contribution is -2.13. The molecule has 0 aliphatic heterocycles. The van der Waals surface area contributed by atoms with Crippen LogP contribution in [0.1, 0.15) is 24.1 Å². The van der Waals surface area contributed by atoms with Crippen molar-refractivity contribution in [3.63, 3.8) is 0 Å². The van der Waals surface area contributed by atoms with Crippen molar-refractivity contribution < 1.29 is 8.78 Å². The Balaban J connectivity index is 2.08. The molecule has 0 amide bonds. The number of hydrogen-bond donors (Lipinski definition) is 1. The molecule has 0 saturated carbocycles. The zero-order valence-corrected chi connectivity index (χ0v) is 12.1. The maximum absolute atomic E-state index is 13.1. The summed E-state index contributed by atoms with van der Waals surface area (Å²) in [5.74, 6) is -0.114. The number of benzene rings is 2. The van der Waals surface area contributed by atoms with Gasteiger partial charge in [-0.1, -0.05) is 19.1 Å². The summed E-state index contributed by atoms with van der Waals surface area (Å²) in [6.07, 6.45) is 0.412. The number of rotatable bonds is 5. The molecule has 1 atom stereocenters. The van der Waals surface area contributed by atoms with E-state index >= 15 is 0 Å². The molecule has 4 heteroatoms. The van der Waals surface area contributed by atoms with Crippen LogP contribution < -0.4 is 5.73 Å². The Morgan fingerprint density at radius 1 is 1.05 bits per heavy atom. The quantitative estimate of drug-likeness (QED) is 0.831. The van der Waals surface area contributed by atoms with Gasteiger partial charge in [-0.2, -0.15) is 0 Å². The SMILES string of the molecule is CCSc1ccc(C(N)Cc2cc(F)cc(F)c2)cc1. The van der Waals surface area contributed by atoms with Crippen molar-refractivity contribution in [1.82, 2.24) is 0 Å². The minimum Gasteiger partial charge on any atom is -0.324 e. The van der Waals surface area contributed by atoms with E-state index in [2.05, 4.69) is 6.92 Å². The third-order valence-electron chi connectivity index (χ3n) is 3.00. The molecular formula is C16H17F2NS. The molecule has 0 saturated heterocycles. The average Bonchev–Trinajstić information content (AvgIpc) is 2.38. The monoisotopic (exact) mass is 293 g/mol. The number of halogens is 2. The van der Waals surface area contributed by atoms with E-state index in [-0.39, 0.29) is 6.04 Å². The Hall–Kier alpha value is -1.39. The molecule has 1 unspecified atom stereocenters. The number of hydrogen-bond acceptors (Lipinski definition) is 2. The Kier molecular flexibility index (Phi) is 5.15. The lowest BCUT2D eigenvalue weighted by molar-refractivity contribution is 0.576. The van der Waals surface area contributed by atoms with Crippen LogP contribution in [0.25, 0.3) is 0 Å². The Morgan fingerprint density at radius 3 is 2.20 bits per heavy atom. The van der Waals surface area contributed by atoms with E-state index in [9.17, 15) is 8.78 Å². The first-order valence-electron chi connectivity index (χ1n) is 6.52. The fraction of sp³-hybridized carbons (Fsp3) is 0.250. The van der Waals surface area contributed by atoms with Gasteiger partial charge in [-0.15, -0.1) is 11.8 Å². The topological polar surface area (TPSA) is 26.0 Å². The molecule has 0 spiro atoms. The molecule has 0 bridgehead atoms. The van der Waals surface area contributed by atoms with Crippen molar-refractivity contribution in [2.24, 2.45) is 5.73 Å². The Labute approximate surface area is 122 Å². The molecule has 0 fully saturated rings. The second-order valence-corrected chi connectivity index (χ2v) is 5.93. The van der Waals surface area contributed by atoms with E-state index in [1.807, 2.05) is 24.3 Å². The summed E-state index contributed by atoms with van der Waals surface area (Å²) < 4.78 is 26.3. The summed E-state index contributed by atoms with van der Waals surface area (Å²) in [4.78, 5) is 1.19. The second-order valence-electron chi connectivity index (χ2n) is 4.59. The molecule has 0 heterocycles. The molecule has 0 aliphatic rings. The largest absolute Gasteiger partial charge is 0.324 e. The van der Waals surface area contributed by atoms with Crippen LogP contribution in [0, 0.1) is 11.6 Å². The van der Waals surface area contributed by atoms with Crippen LogP contribution in [0.5, 0.6) is 0 Å². The third-order valence-corrected chi connectivity index (χ3v) is 3.89. The van der Waals surface area contributed by atoms with Crippen molar-refractivity contribution in [3.8, 4) is 0 Å². The van der Waals surface area contributed by atoms with Crippen LogP contribution >= 0.6 is 11.8 Å². The fourth-order valence-electron chi connectivity index (χ4n) is 2.08. The third kappa shape index (κ3) is 4.05. The number of thioether (sulfide) groups is 1. The van der Waals surface area contributed by atoms with Gasteiger partial charge in [0, 0.05) is 17.0 Å². The van der Waals surface area contributed by atoms with Gasteiger partial charge in [-0.25, -0.2) is 8.78 Å². The molecule has 2 rings (SSSR count). The van der Waals surface area contributed by atoms with Gasteiger partial charge in [-0.3, -0.25) is 0 Å². The molecule has 2 aromatic rings. The predicted octanol–water partition coefficient (Wildman–Crippen LogP) is 4.32. The molecule has 0 aliphatic carbocycles. The first-order valence-corrected chi connectivity index (χ1v) is 7.50. The van der Waals surface area contributed by atoms with Gasteiger partial charge in [0.1, 0.15) is 11.6 Å². The Bertz CT molecular complexity index is 549. The fourth-order valence-corrected chi connectivity index (χ4v) is 2.74. The minimum absolute atomic E-state index is 0.267. The molecule has 0 aromatic heterocycles. The maximum Gasteiger partial charge on any atom is 0.126 e. The highest BCUT2D eigenvalue weighted by Gasteiger charge is 2.09. The van der Waals surface area contributed by atoms with Crippen LogP contribution in [0.2, 0.25) is 0 Å². The van der Waals surface area contributed by atoms with Crippen LogP contribution in [-0.2, 0) is 6.42 Å². The first kappa shape index (κ1) is 15.0. The van der Waals surface area contributed by atoms with Gasteiger partial charge in [0.05, 0.1) is 0 Å². The Morgan fingerprint density at radius 2 is 1.65 bits per heavy atom. The molecule has 106 valence electrons. The van der Waals surface area contributed by atoms with E-state index in [4.69, 9.17) is 5.73 Å². The van der Waals surface area contributed by atoms with Crippen molar-refractivity contribution in [3.05, 3.63) is 65.2 Å². The van der Waals surface area contributed by atoms with E-state index < -0.39 is 11.6 Å². The summed E-state index contributed by atoms with van der Waals surface area (Å²) >= 11 is 1.76. The van der Waals surface area contributed by atoms with E-state index in [0.717, 1.165) is 17.4 Å². The van der Waals surface area contributed by atoms with Gasteiger partial charge >= 0.3 is 0 Å². The highest BCUT2D eigenvalue weighted by Crippen LogP contribution is 2.22. The van der Waals surface area contributed by atoms with E-state index in [1.54, 1.807) is 11.8 Å². The van der Waals surface area contributed by atoms with Gasteiger partial charge in [0.2, 0.25) is 0 Å². The molecule has 1 nitrogen and oxygen atoms in total. The zero-order valence-electron chi connectivity index (χ0n) is 11.3. The second kappa shape index (κ2) is 6.86. The molecule has 0 radical (unpaired) electrons. The van der Waals surface area contributed by atoms with Crippen LogP contribution in [0.15, 0.2) is 47.4 Å². The highest BCUT2D eigenvalue weighted by molar-refractivity contribution is 7.99. The zero-order chi connectivity index (χ0) is 14.5. The van der Waals surface area contributed by atoms with E-state index in [1.165, 1.54) is 17.0 Å². The van der Waals surface area contributed by atoms with Gasteiger partial charge in [-0.05, 0) is 47.6 Å². The summed E-state index contributed by atoms with van der Waals surface area (Å²) in [5.41, 5.74) is 7.64. The average molecular weight is 293 g/mol. The van der Waals surface area contributed by atoms with Gasteiger partial charge in [0.25, 0.3) is 0 Å². The smallest absolute Gasteiger partial charge is 0.126 e. The summed E-state index contributed by atoms with van der Waals surface area (Å²) in [7, 11) is 0. The lowest BCUT2D eigenvalue weighted by Gasteiger charge is -2.13. The van der Waals surface area contributed by atoms with Crippen molar-refractivity contribution in [1.29, 1.82) is 0 Å². The van der Waals surface area contributed by atoms with Crippen molar-refractivity contribution >= 4 is 11.8 Å². The molecule has 20 heavy (non-hydrogen) atoms. The minimum atomic E-state index is -0.568. The lowest BCUT2D eigenvalue weighted by atomic mass is 9.99. The van der Waals surface area contributed by atoms with Crippen LogP contribution in [0.4, 0.5) is 8.78 Å². The first-order chi connectivity index (χ1) is 9.58. The summed E-state index contributed by atoms with van der Waals surface area (Å²) in [6, 6.07) is 11.2. The maximum atomic E-state index is 13.1. The molecular weight excluding hydrogens is 276 g/mol. The van der Waals surface area contributed by atoms with Gasteiger partial charge < -0.3 is 5.73 Å². The van der Waals surface area contributed by atoms with Crippen molar-refractivity contribution in [2.45, 2.75) is 24.3 Å². The van der Waals surface area contributed by atoms with Gasteiger partial charge in [0.15, 0.2) is 0 Å². The summed E-state index contributed by atoms with van der Waals surface area (Å²) in [5, 5.41) is 0. The van der Waals surface area contributed by atoms with Crippen LogP contribution in [-0.4, -0.2) is 5.75 Å². The van der Waals surface area contributed by atoms with E-state index in [0.29, 0.717) is 12.0 Å². The van der Waals surface area contributed by atoms with Crippen LogP contribution in [0.3, 0.4) is 0 Å². The normalized spacial score (nSPS) is 12.4. The number of nitrogens with two attached hydrogens (primary N) is 1. The molecule has 2 aromatic carbocycles. The predicted molar refractivity (Wildman–Crippen MR) is 79.8 cm³/mol.